The van der Waals surface area contributed by atoms with Crippen molar-refractivity contribution in [3.05, 3.63) is 41.6 Å². The Labute approximate surface area is 115 Å². The lowest BCUT2D eigenvalue weighted by Crippen LogP contribution is -2.21. The van der Waals surface area contributed by atoms with Gasteiger partial charge in [-0.05, 0) is 11.5 Å². The van der Waals surface area contributed by atoms with Crippen LogP contribution in [0, 0.1) is 0 Å². The van der Waals surface area contributed by atoms with Crippen LogP contribution in [0.3, 0.4) is 0 Å². The van der Waals surface area contributed by atoms with Gasteiger partial charge in [0.25, 0.3) is 0 Å². The molecular formula is C16H22N2O. The molecule has 0 bridgehead atoms. The first-order valence-electron chi connectivity index (χ1n) is 6.85. The molecule has 2 rings (SSSR count). The van der Waals surface area contributed by atoms with Crippen molar-refractivity contribution in [2.75, 3.05) is 0 Å². The molecule has 0 fully saturated rings. The number of nitrogens with zero attached hydrogens (tertiary/aromatic N) is 1. The second kappa shape index (κ2) is 6.02. The minimum absolute atomic E-state index is 0.450. The van der Waals surface area contributed by atoms with Gasteiger partial charge in [0, 0.05) is 23.7 Å². The minimum atomic E-state index is 0.450. The van der Waals surface area contributed by atoms with E-state index in [0.29, 0.717) is 12.0 Å². The van der Waals surface area contributed by atoms with Gasteiger partial charge in [0.2, 0.25) is 0 Å². The van der Waals surface area contributed by atoms with Crippen molar-refractivity contribution in [3.63, 3.8) is 0 Å². The van der Waals surface area contributed by atoms with E-state index < -0.39 is 0 Å². The number of benzene rings is 1. The molecule has 19 heavy (non-hydrogen) atoms. The average Bonchev–Trinajstić information content (AvgIpc) is 2.84. The first-order chi connectivity index (χ1) is 9.08. The highest BCUT2D eigenvalue weighted by molar-refractivity contribution is 5.61. The van der Waals surface area contributed by atoms with Gasteiger partial charge >= 0.3 is 0 Å². The summed E-state index contributed by atoms with van der Waals surface area (Å²) in [5, 5.41) is 7.31. The highest BCUT2D eigenvalue weighted by Gasteiger charge is 2.11. The van der Waals surface area contributed by atoms with Crippen molar-refractivity contribution in [1.82, 2.24) is 10.5 Å². The lowest BCUT2D eigenvalue weighted by atomic mass is 10.0. The second-order valence-electron chi connectivity index (χ2n) is 5.49. The summed E-state index contributed by atoms with van der Waals surface area (Å²) in [6.45, 7) is 9.43. The summed E-state index contributed by atoms with van der Waals surface area (Å²) in [5.41, 5.74) is 3.53. The monoisotopic (exact) mass is 258 g/mol. The summed E-state index contributed by atoms with van der Waals surface area (Å²) >= 11 is 0. The summed E-state index contributed by atoms with van der Waals surface area (Å²) in [4.78, 5) is 0. The SMILES string of the molecule is CC(C)NCc1cnoc1-c1ccc(C(C)C)cc1. The van der Waals surface area contributed by atoms with E-state index in [-0.39, 0.29) is 0 Å². The molecule has 3 nitrogen and oxygen atoms in total. The summed E-state index contributed by atoms with van der Waals surface area (Å²) in [6.07, 6.45) is 1.79. The fourth-order valence-corrected chi connectivity index (χ4v) is 1.96. The average molecular weight is 258 g/mol. The van der Waals surface area contributed by atoms with Gasteiger partial charge in [0.1, 0.15) is 0 Å². The summed E-state index contributed by atoms with van der Waals surface area (Å²) in [5.74, 6) is 1.41. The smallest absolute Gasteiger partial charge is 0.171 e. The summed E-state index contributed by atoms with van der Waals surface area (Å²) in [7, 11) is 0. The molecule has 0 saturated carbocycles. The van der Waals surface area contributed by atoms with E-state index in [9.17, 15) is 0 Å². The molecule has 0 amide bonds. The number of rotatable bonds is 5. The van der Waals surface area contributed by atoms with Crippen molar-refractivity contribution < 1.29 is 4.52 Å². The molecular weight excluding hydrogens is 236 g/mol. The zero-order chi connectivity index (χ0) is 13.8. The van der Waals surface area contributed by atoms with E-state index in [1.54, 1.807) is 6.20 Å². The zero-order valence-corrected chi connectivity index (χ0v) is 12.1. The molecule has 0 aliphatic heterocycles. The largest absolute Gasteiger partial charge is 0.356 e. The Morgan fingerprint density at radius 3 is 2.37 bits per heavy atom. The molecule has 1 heterocycles. The number of aromatic nitrogens is 1. The van der Waals surface area contributed by atoms with Gasteiger partial charge in [-0.1, -0.05) is 57.1 Å². The maximum absolute atomic E-state index is 5.39. The maximum atomic E-state index is 5.39. The van der Waals surface area contributed by atoms with Crippen molar-refractivity contribution in [1.29, 1.82) is 0 Å². The molecule has 1 aromatic heterocycles. The van der Waals surface area contributed by atoms with E-state index >= 15 is 0 Å². The van der Waals surface area contributed by atoms with Gasteiger partial charge in [-0.3, -0.25) is 0 Å². The first kappa shape index (κ1) is 13.8. The molecule has 2 aromatic rings. The van der Waals surface area contributed by atoms with Crippen molar-refractivity contribution in [3.8, 4) is 11.3 Å². The maximum Gasteiger partial charge on any atom is 0.171 e. The zero-order valence-electron chi connectivity index (χ0n) is 12.1. The van der Waals surface area contributed by atoms with Crippen LogP contribution >= 0.6 is 0 Å². The Hall–Kier alpha value is -1.61. The topological polar surface area (TPSA) is 38.1 Å². The molecule has 3 heteroatoms. The van der Waals surface area contributed by atoms with Crippen LogP contribution in [0.15, 0.2) is 35.0 Å². The number of hydrogen-bond donors (Lipinski definition) is 1. The Morgan fingerprint density at radius 2 is 1.79 bits per heavy atom. The van der Waals surface area contributed by atoms with E-state index in [1.165, 1.54) is 5.56 Å². The van der Waals surface area contributed by atoms with Crippen molar-refractivity contribution in [2.45, 2.75) is 46.2 Å². The fourth-order valence-electron chi connectivity index (χ4n) is 1.96. The minimum Gasteiger partial charge on any atom is -0.356 e. The standard InChI is InChI=1S/C16H22N2O/c1-11(2)13-5-7-14(8-6-13)16-15(10-18-19-16)9-17-12(3)4/h5-8,10-12,17H,9H2,1-4H3. The van der Waals surface area contributed by atoms with Crippen LogP contribution in [0.5, 0.6) is 0 Å². The molecule has 0 unspecified atom stereocenters. The fraction of sp³-hybridized carbons (Fsp3) is 0.438. The summed E-state index contributed by atoms with van der Waals surface area (Å²) in [6, 6.07) is 8.97. The van der Waals surface area contributed by atoms with Gasteiger partial charge in [-0.15, -0.1) is 0 Å². The normalized spacial score (nSPS) is 11.5. The van der Waals surface area contributed by atoms with Crippen LogP contribution in [0.25, 0.3) is 11.3 Å². The van der Waals surface area contributed by atoms with Gasteiger partial charge < -0.3 is 9.84 Å². The predicted molar refractivity (Wildman–Crippen MR) is 78.0 cm³/mol. The van der Waals surface area contributed by atoms with Gasteiger partial charge in [-0.2, -0.15) is 0 Å². The third-order valence-electron chi connectivity index (χ3n) is 3.18. The van der Waals surface area contributed by atoms with E-state index in [4.69, 9.17) is 4.52 Å². The van der Waals surface area contributed by atoms with Crippen LogP contribution in [-0.4, -0.2) is 11.2 Å². The molecule has 0 atom stereocenters. The van der Waals surface area contributed by atoms with Crippen LogP contribution in [0.2, 0.25) is 0 Å². The van der Waals surface area contributed by atoms with E-state index in [2.05, 4.69) is 62.4 Å². The molecule has 0 radical (unpaired) electrons. The molecule has 1 N–H and O–H groups in total. The highest BCUT2D eigenvalue weighted by atomic mass is 16.5. The molecule has 0 aliphatic carbocycles. The number of hydrogen-bond acceptors (Lipinski definition) is 3. The van der Waals surface area contributed by atoms with Crippen LogP contribution in [-0.2, 0) is 6.54 Å². The van der Waals surface area contributed by atoms with Crippen molar-refractivity contribution in [2.24, 2.45) is 0 Å². The first-order valence-corrected chi connectivity index (χ1v) is 6.85. The molecule has 102 valence electrons. The Morgan fingerprint density at radius 1 is 1.11 bits per heavy atom. The van der Waals surface area contributed by atoms with Gasteiger partial charge in [0.05, 0.1) is 6.20 Å². The van der Waals surface area contributed by atoms with E-state index in [0.717, 1.165) is 23.4 Å². The van der Waals surface area contributed by atoms with Crippen LogP contribution in [0.4, 0.5) is 0 Å². The lowest BCUT2D eigenvalue weighted by Gasteiger charge is -2.08. The third-order valence-corrected chi connectivity index (χ3v) is 3.18. The Bertz CT molecular complexity index is 512. The number of nitrogens with one attached hydrogen (secondary N) is 1. The van der Waals surface area contributed by atoms with E-state index in [1.807, 2.05) is 0 Å². The molecule has 0 spiro atoms. The third kappa shape index (κ3) is 3.44. The highest BCUT2D eigenvalue weighted by Crippen LogP contribution is 2.25. The molecule has 0 saturated heterocycles. The lowest BCUT2D eigenvalue weighted by molar-refractivity contribution is 0.431. The van der Waals surface area contributed by atoms with Crippen LogP contribution < -0.4 is 5.32 Å². The molecule has 0 aliphatic rings. The van der Waals surface area contributed by atoms with Gasteiger partial charge in [0.15, 0.2) is 5.76 Å². The quantitative estimate of drug-likeness (QED) is 0.882. The second-order valence-corrected chi connectivity index (χ2v) is 5.49. The van der Waals surface area contributed by atoms with Crippen molar-refractivity contribution >= 4 is 0 Å². The van der Waals surface area contributed by atoms with Crippen LogP contribution in [0.1, 0.15) is 44.7 Å². The van der Waals surface area contributed by atoms with Gasteiger partial charge in [-0.25, -0.2) is 0 Å². The predicted octanol–water partition coefficient (Wildman–Crippen LogP) is 3.96. The molecule has 1 aromatic carbocycles. The Kier molecular flexibility index (Phi) is 4.38. The summed E-state index contributed by atoms with van der Waals surface area (Å²) < 4.78 is 5.39. The Balaban J connectivity index is 2.19.